The molecular formula is C20H32N2O3S. The van der Waals surface area contributed by atoms with Gasteiger partial charge in [-0.05, 0) is 43.2 Å². The van der Waals surface area contributed by atoms with Crippen molar-refractivity contribution in [2.45, 2.75) is 58.9 Å². The van der Waals surface area contributed by atoms with E-state index in [1.807, 2.05) is 6.92 Å². The van der Waals surface area contributed by atoms with Gasteiger partial charge in [-0.1, -0.05) is 45.0 Å². The van der Waals surface area contributed by atoms with Gasteiger partial charge in [0, 0.05) is 19.0 Å². The van der Waals surface area contributed by atoms with Gasteiger partial charge in [-0.25, -0.2) is 12.7 Å². The zero-order valence-corrected chi connectivity index (χ0v) is 17.4. The van der Waals surface area contributed by atoms with Crippen LogP contribution < -0.4 is 5.32 Å². The molecule has 5 nitrogen and oxygen atoms in total. The topological polar surface area (TPSA) is 66.5 Å². The Bertz CT molecular complexity index is 712. The van der Waals surface area contributed by atoms with E-state index in [1.165, 1.54) is 9.87 Å². The highest BCUT2D eigenvalue weighted by atomic mass is 32.2. The van der Waals surface area contributed by atoms with Crippen LogP contribution in [0.3, 0.4) is 0 Å². The number of benzene rings is 1. The highest BCUT2D eigenvalue weighted by Gasteiger charge is 2.30. The molecule has 0 aliphatic carbocycles. The molecule has 1 aromatic rings. The highest BCUT2D eigenvalue weighted by Crippen LogP contribution is 2.25. The molecule has 1 N–H and O–H groups in total. The quantitative estimate of drug-likeness (QED) is 0.853. The minimum atomic E-state index is -3.15. The molecule has 1 amide bonds. The van der Waals surface area contributed by atoms with E-state index in [9.17, 15) is 13.2 Å². The van der Waals surface area contributed by atoms with Crippen LogP contribution in [0.1, 0.15) is 64.6 Å². The molecule has 26 heavy (non-hydrogen) atoms. The van der Waals surface area contributed by atoms with Crippen molar-refractivity contribution in [1.82, 2.24) is 9.62 Å². The second-order valence-electron chi connectivity index (χ2n) is 8.18. The molecule has 0 spiro atoms. The predicted octanol–water partition coefficient (Wildman–Crippen LogP) is 3.22. The van der Waals surface area contributed by atoms with E-state index >= 15 is 0 Å². The first-order valence-corrected chi connectivity index (χ1v) is 11.0. The van der Waals surface area contributed by atoms with Gasteiger partial charge in [-0.2, -0.15) is 0 Å². The van der Waals surface area contributed by atoms with Crippen LogP contribution in [-0.2, 0) is 20.2 Å². The first kappa shape index (κ1) is 20.9. The SMILES string of the molecule is CCS(=O)(=O)N1CCC(C(=O)N[C@@H](C)c2ccc(C(C)(C)C)cc2)CC1. The molecule has 0 bridgehead atoms. The van der Waals surface area contributed by atoms with Crippen molar-refractivity contribution < 1.29 is 13.2 Å². The van der Waals surface area contributed by atoms with Crippen molar-refractivity contribution in [3.05, 3.63) is 35.4 Å². The molecule has 146 valence electrons. The third kappa shape index (κ3) is 5.07. The molecule has 1 heterocycles. The maximum Gasteiger partial charge on any atom is 0.223 e. The van der Waals surface area contributed by atoms with Gasteiger partial charge in [0.05, 0.1) is 11.8 Å². The molecule has 0 unspecified atom stereocenters. The zero-order chi connectivity index (χ0) is 19.5. The van der Waals surface area contributed by atoms with Crippen molar-refractivity contribution in [1.29, 1.82) is 0 Å². The minimum absolute atomic E-state index is 0.0194. The summed E-state index contributed by atoms with van der Waals surface area (Å²) in [5, 5.41) is 3.08. The summed E-state index contributed by atoms with van der Waals surface area (Å²) in [6.07, 6.45) is 1.17. The Morgan fingerprint density at radius 3 is 2.19 bits per heavy atom. The molecule has 2 rings (SSSR count). The molecule has 0 aromatic heterocycles. The van der Waals surface area contributed by atoms with Gasteiger partial charge < -0.3 is 5.32 Å². The highest BCUT2D eigenvalue weighted by molar-refractivity contribution is 7.89. The molecule has 1 fully saturated rings. The van der Waals surface area contributed by atoms with Gasteiger partial charge in [0.1, 0.15) is 0 Å². The fraction of sp³-hybridized carbons (Fsp3) is 0.650. The second-order valence-corrected chi connectivity index (χ2v) is 10.4. The van der Waals surface area contributed by atoms with E-state index in [2.05, 4.69) is 50.4 Å². The van der Waals surface area contributed by atoms with Gasteiger partial charge in [0.25, 0.3) is 0 Å². The van der Waals surface area contributed by atoms with Crippen LogP contribution in [0.4, 0.5) is 0 Å². The van der Waals surface area contributed by atoms with E-state index in [1.54, 1.807) is 6.92 Å². The molecule has 1 atom stereocenters. The van der Waals surface area contributed by atoms with Crippen molar-refractivity contribution in [2.24, 2.45) is 5.92 Å². The van der Waals surface area contributed by atoms with Crippen molar-refractivity contribution in [2.75, 3.05) is 18.8 Å². The molecule has 1 aliphatic heterocycles. The lowest BCUT2D eigenvalue weighted by molar-refractivity contribution is -0.126. The van der Waals surface area contributed by atoms with E-state index in [0.717, 1.165) is 5.56 Å². The Kier molecular flexibility index (Phi) is 6.51. The lowest BCUT2D eigenvalue weighted by Crippen LogP contribution is -2.43. The average molecular weight is 381 g/mol. The minimum Gasteiger partial charge on any atom is -0.349 e. The van der Waals surface area contributed by atoms with Crippen molar-refractivity contribution >= 4 is 15.9 Å². The van der Waals surface area contributed by atoms with E-state index in [4.69, 9.17) is 0 Å². The Balaban J connectivity index is 1.92. The normalized spacial score (nSPS) is 18.5. The molecule has 1 saturated heterocycles. The number of carbonyl (C=O) groups is 1. The molecule has 0 saturated carbocycles. The predicted molar refractivity (Wildman–Crippen MR) is 105 cm³/mol. The van der Waals surface area contributed by atoms with Gasteiger partial charge in [0.15, 0.2) is 0 Å². The fourth-order valence-electron chi connectivity index (χ4n) is 3.27. The van der Waals surface area contributed by atoms with Crippen molar-refractivity contribution in [3.8, 4) is 0 Å². The first-order valence-electron chi connectivity index (χ1n) is 9.43. The molecule has 1 aliphatic rings. The van der Waals surface area contributed by atoms with E-state index in [-0.39, 0.29) is 29.0 Å². The standard InChI is InChI=1S/C20H32N2O3S/c1-6-26(24,25)22-13-11-17(12-14-22)19(23)21-15(2)16-7-9-18(10-8-16)20(3,4)5/h7-10,15,17H,6,11-14H2,1-5H3,(H,21,23)/t15-/m0/s1. The monoisotopic (exact) mass is 380 g/mol. The van der Waals surface area contributed by atoms with Gasteiger partial charge >= 0.3 is 0 Å². The van der Waals surface area contributed by atoms with Gasteiger partial charge in [-0.15, -0.1) is 0 Å². The van der Waals surface area contributed by atoms with Crippen LogP contribution >= 0.6 is 0 Å². The number of nitrogens with one attached hydrogen (secondary N) is 1. The summed E-state index contributed by atoms with van der Waals surface area (Å²) in [4.78, 5) is 12.6. The number of amides is 1. The summed E-state index contributed by atoms with van der Waals surface area (Å²) in [6, 6.07) is 8.32. The molecule has 6 heteroatoms. The first-order chi connectivity index (χ1) is 12.0. The Hall–Kier alpha value is -1.40. The summed E-state index contributed by atoms with van der Waals surface area (Å²) < 4.78 is 25.3. The number of piperidine rings is 1. The van der Waals surface area contributed by atoms with Crippen LogP contribution in [0.15, 0.2) is 24.3 Å². The third-order valence-corrected chi connectivity index (χ3v) is 7.10. The molecule has 1 aromatic carbocycles. The molecule has 0 radical (unpaired) electrons. The van der Waals surface area contributed by atoms with Crippen LogP contribution in [0.25, 0.3) is 0 Å². The summed E-state index contributed by atoms with van der Waals surface area (Å²) in [6.45, 7) is 11.0. The average Bonchev–Trinajstić information content (AvgIpc) is 2.61. The maximum absolute atomic E-state index is 12.6. The Morgan fingerprint density at radius 1 is 1.19 bits per heavy atom. The number of sulfonamides is 1. The lowest BCUT2D eigenvalue weighted by Gasteiger charge is -2.31. The summed E-state index contributed by atoms with van der Waals surface area (Å²) >= 11 is 0. The van der Waals surface area contributed by atoms with Gasteiger partial charge in [-0.3, -0.25) is 4.79 Å². The Labute approximate surface area is 158 Å². The number of hydrogen-bond donors (Lipinski definition) is 1. The number of rotatable bonds is 5. The van der Waals surface area contributed by atoms with Crippen molar-refractivity contribution in [3.63, 3.8) is 0 Å². The number of nitrogens with zero attached hydrogens (tertiary/aromatic N) is 1. The lowest BCUT2D eigenvalue weighted by atomic mass is 9.86. The third-order valence-electron chi connectivity index (χ3n) is 5.22. The zero-order valence-electron chi connectivity index (χ0n) is 16.6. The van der Waals surface area contributed by atoms with Crippen LogP contribution in [0, 0.1) is 5.92 Å². The second kappa shape index (κ2) is 8.09. The summed E-state index contributed by atoms with van der Waals surface area (Å²) in [5.41, 5.74) is 2.46. The smallest absolute Gasteiger partial charge is 0.223 e. The summed E-state index contributed by atoms with van der Waals surface area (Å²) in [7, 11) is -3.15. The maximum atomic E-state index is 12.6. The fourth-order valence-corrected chi connectivity index (χ4v) is 4.40. The molecular weight excluding hydrogens is 348 g/mol. The Morgan fingerprint density at radius 2 is 1.73 bits per heavy atom. The number of hydrogen-bond acceptors (Lipinski definition) is 3. The number of carbonyl (C=O) groups excluding carboxylic acids is 1. The largest absolute Gasteiger partial charge is 0.349 e. The van der Waals surface area contributed by atoms with E-state index < -0.39 is 10.0 Å². The summed E-state index contributed by atoms with van der Waals surface area (Å²) in [5.74, 6) is 0.0198. The van der Waals surface area contributed by atoms with E-state index in [0.29, 0.717) is 25.9 Å². The van der Waals surface area contributed by atoms with Gasteiger partial charge in [0.2, 0.25) is 15.9 Å². The van der Waals surface area contributed by atoms with Crippen LogP contribution in [-0.4, -0.2) is 37.5 Å². The van der Waals surface area contributed by atoms with Crippen LogP contribution in [0.2, 0.25) is 0 Å². The van der Waals surface area contributed by atoms with Crippen LogP contribution in [0.5, 0.6) is 0 Å².